The van der Waals surface area contributed by atoms with Crippen molar-refractivity contribution in [2.75, 3.05) is 18.5 Å². The summed E-state index contributed by atoms with van der Waals surface area (Å²) in [6, 6.07) is 7.04. The fourth-order valence-electron chi connectivity index (χ4n) is 2.34. The fourth-order valence-corrected chi connectivity index (χ4v) is 2.34. The highest BCUT2D eigenvalue weighted by atomic mass is 16.5. The van der Waals surface area contributed by atoms with Crippen molar-refractivity contribution in [3.8, 4) is 0 Å². The molecule has 1 aromatic rings. The van der Waals surface area contributed by atoms with Gasteiger partial charge in [-0.3, -0.25) is 9.59 Å². The monoisotopic (exact) mass is 290 g/mol. The summed E-state index contributed by atoms with van der Waals surface area (Å²) >= 11 is 0. The lowest BCUT2D eigenvalue weighted by atomic mass is 10.1. The predicted octanol–water partition coefficient (Wildman–Crippen LogP) is 2.33. The van der Waals surface area contributed by atoms with Crippen LogP contribution >= 0.6 is 0 Å². The number of rotatable bonds is 6. The maximum Gasteiger partial charge on any atom is 0.253 e. The smallest absolute Gasteiger partial charge is 0.253 e. The molecule has 5 nitrogen and oxygen atoms in total. The molecule has 1 aliphatic heterocycles. The molecular weight excluding hydrogens is 268 g/mol. The highest BCUT2D eigenvalue weighted by molar-refractivity contribution is 6.03. The molecule has 1 aliphatic rings. The van der Waals surface area contributed by atoms with Crippen molar-refractivity contribution in [3.63, 3.8) is 0 Å². The summed E-state index contributed by atoms with van der Waals surface area (Å²) in [7, 11) is 0. The minimum atomic E-state index is -0.167. The van der Waals surface area contributed by atoms with Gasteiger partial charge in [0.15, 0.2) is 0 Å². The Morgan fingerprint density at radius 3 is 2.86 bits per heavy atom. The van der Waals surface area contributed by atoms with Crippen LogP contribution in [0.3, 0.4) is 0 Å². The molecule has 1 saturated heterocycles. The van der Waals surface area contributed by atoms with Gasteiger partial charge in [-0.25, -0.2) is 0 Å². The van der Waals surface area contributed by atoms with Crippen LogP contribution in [0.2, 0.25) is 0 Å². The summed E-state index contributed by atoms with van der Waals surface area (Å²) < 4.78 is 5.52. The van der Waals surface area contributed by atoms with Crippen molar-refractivity contribution in [1.82, 2.24) is 5.32 Å². The fraction of sp³-hybridized carbons (Fsp3) is 0.500. The van der Waals surface area contributed by atoms with E-state index in [1.165, 1.54) is 0 Å². The zero-order valence-corrected chi connectivity index (χ0v) is 12.4. The van der Waals surface area contributed by atoms with E-state index in [2.05, 4.69) is 10.6 Å². The second-order valence-corrected chi connectivity index (χ2v) is 5.13. The zero-order chi connectivity index (χ0) is 15.1. The summed E-state index contributed by atoms with van der Waals surface area (Å²) in [6.45, 7) is 3.18. The van der Waals surface area contributed by atoms with E-state index >= 15 is 0 Å². The third kappa shape index (κ3) is 4.56. The first-order valence-corrected chi connectivity index (χ1v) is 7.49. The van der Waals surface area contributed by atoms with Gasteiger partial charge in [0, 0.05) is 19.6 Å². The molecule has 0 saturated carbocycles. The van der Waals surface area contributed by atoms with E-state index in [1.807, 2.05) is 0 Å². The third-order valence-corrected chi connectivity index (χ3v) is 3.54. The Kier molecular flexibility index (Phi) is 5.75. The van der Waals surface area contributed by atoms with E-state index in [0.717, 1.165) is 25.9 Å². The van der Waals surface area contributed by atoms with Gasteiger partial charge in [0.2, 0.25) is 5.91 Å². The van der Waals surface area contributed by atoms with Gasteiger partial charge in [0.05, 0.1) is 17.4 Å². The standard InChI is InChI=1S/C16H22N2O3/c1-2-15(19)18-14-8-4-3-7-13(14)16(20)17-10-9-12-6-5-11-21-12/h3-4,7-8,12H,2,5-6,9-11H2,1H3,(H,17,20)(H,18,19). The average Bonchev–Trinajstić information content (AvgIpc) is 3.01. The highest BCUT2D eigenvalue weighted by Gasteiger charge is 2.16. The minimum absolute atomic E-state index is 0.102. The molecule has 0 aliphatic carbocycles. The van der Waals surface area contributed by atoms with Gasteiger partial charge in [-0.2, -0.15) is 0 Å². The molecule has 1 atom stereocenters. The number of nitrogens with one attached hydrogen (secondary N) is 2. The molecule has 2 N–H and O–H groups in total. The van der Waals surface area contributed by atoms with Crippen LogP contribution in [0.4, 0.5) is 5.69 Å². The first-order chi connectivity index (χ1) is 10.2. The van der Waals surface area contributed by atoms with Crippen molar-refractivity contribution in [2.24, 2.45) is 0 Å². The van der Waals surface area contributed by atoms with Gasteiger partial charge in [0.25, 0.3) is 5.91 Å². The number of amides is 2. The maximum atomic E-state index is 12.2. The summed E-state index contributed by atoms with van der Waals surface area (Å²) in [5, 5.41) is 5.64. The Hall–Kier alpha value is -1.88. The van der Waals surface area contributed by atoms with E-state index < -0.39 is 0 Å². The lowest BCUT2D eigenvalue weighted by Gasteiger charge is -2.12. The molecule has 114 valence electrons. The number of hydrogen-bond donors (Lipinski definition) is 2. The quantitative estimate of drug-likeness (QED) is 0.845. The molecule has 0 aromatic heterocycles. The van der Waals surface area contributed by atoms with Crippen molar-refractivity contribution in [1.29, 1.82) is 0 Å². The van der Waals surface area contributed by atoms with E-state index in [4.69, 9.17) is 4.74 Å². The molecule has 1 heterocycles. The molecule has 2 rings (SSSR count). The van der Waals surface area contributed by atoms with Gasteiger partial charge in [-0.1, -0.05) is 19.1 Å². The topological polar surface area (TPSA) is 67.4 Å². The number of carbonyl (C=O) groups excluding carboxylic acids is 2. The van der Waals surface area contributed by atoms with E-state index in [1.54, 1.807) is 31.2 Å². The second-order valence-electron chi connectivity index (χ2n) is 5.13. The van der Waals surface area contributed by atoms with Crippen LogP contribution in [0.1, 0.15) is 43.0 Å². The van der Waals surface area contributed by atoms with Crippen molar-refractivity contribution in [3.05, 3.63) is 29.8 Å². The van der Waals surface area contributed by atoms with Gasteiger partial charge >= 0.3 is 0 Å². The summed E-state index contributed by atoms with van der Waals surface area (Å²) in [5.74, 6) is -0.269. The van der Waals surface area contributed by atoms with Crippen LogP contribution in [-0.2, 0) is 9.53 Å². The van der Waals surface area contributed by atoms with Crippen LogP contribution in [0.25, 0.3) is 0 Å². The van der Waals surface area contributed by atoms with Crippen molar-refractivity contribution < 1.29 is 14.3 Å². The van der Waals surface area contributed by atoms with Crippen LogP contribution in [0.15, 0.2) is 24.3 Å². The summed E-state index contributed by atoms with van der Waals surface area (Å²) in [6.07, 6.45) is 3.65. The number of carbonyl (C=O) groups is 2. The number of hydrogen-bond acceptors (Lipinski definition) is 3. The zero-order valence-electron chi connectivity index (χ0n) is 12.4. The van der Waals surface area contributed by atoms with E-state index in [0.29, 0.717) is 24.2 Å². The summed E-state index contributed by atoms with van der Waals surface area (Å²) in [4.78, 5) is 23.7. The molecule has 1 aromatic carbocycles. The van der Waals surface area contributed by atoms with Gasteiger partial charge in [-0.05, 0) is 31.4 Å². The number of anilines is 1. The Morgan fingerprint density at radius 2 is 2.14 bits per heavy atom. The normalized spacial score (nSPS) is 17.5. The van der Waals surface area contributed by atoms with Crippen LogP contribution < -0.4 is 10.6 Å². The minimum Gasteiger partial charge on any atom is -0.378 e. The largest absolute Gasteiger partial charge is 0.378 e. The maximum absolute atomic E-state index is 12.2. The van der Waals surface area contributed by atoms with Crippen LogP contribution in [0, 0.1) is 0 Å². The molecule has 1 unspecified atom stereocenters. The Labute approximate surface area is 125 Å². The summed E-state index contributed by atoms with van der Waals surface area (Å²) in [5.41, 5.74) is 1.05. The lowest BCUT2D eigenvalue weighted by Crippen LogP contribution is -2.28. The third-order valence-electron chi connectivity index (χ3n) is 3.54. The average molecular weight is 290 g/mol. The number of ether oxygens (including phenoxy) is 1. The lowest BCUT2D eigenvalue weighted by molar-refractivity contribution is -0.115. The van der Waals surface area contributed by atoms with Crippen LogP contribution in [0.5, 0.6) is 0 Å². The molecule has 5 heteroatoms. The molecule has 0 radical (unpaired) electrons. The number of para-hydroxylation sites is 1. The molecule has 21 heavy (non-hydrogen) atoms. The Balaban J connectivity index is 1.90. The van der Waals surface area contributed by atoms with Crippen LogP contribution in [-0.4, -0.2) is 31.1 Å². The first-order valence-electron chi connectivity index (χ1n) is 7.49. The van der Waals surface area contributed by atoms with Crippen molar-refractivity contribution >= 4 is 17.5 Å². The van der Waals surface area contributed by atoms with Gasteiger partial charge < -0.3 is 15.4 Å². The Bertz CT molecular complexity index is 496. The first kappa shape index (κ1) is 15.5. The molecular formula is C16H22N2O3. The molecule has 1 fully saturated rings. The van der Waals surface area contributed by atoms with Crippen molar-refractivity contribution in [2.45, 2.75) is 38.7 Å². The molecule has 0 bridgehead atoms. The Morgan fingerprint density at radius 1 is 1.33 bits per heavy atom. The van der Waals surface area contributed by atoms with E-state index in [9.17, 15) is 9.59 Å². The molecule has 0 spiro atoms. The van der Waals surface area contributed by atoms with E-state index in [-0.39, 0.29) is 17.9 Å². The highest BCUT2D eigenvalue weighted by Crippen LogP contribution is 2.16. The second kappa shape index (κ2) is 7.78. The SMILES string of the molecule is CCC(=O)Nc1ccccc1C(=O)NCCC1CCCO1. The number of benzene rings is 1. The van der Waals surface area contributed by atoms with Gasteiger partial charge in [0.1, 0.15) is 0 Å². The predicted molar refractivity (Wildman–Crippen MR) is 81.3 cm³/mol. The molecule has 2 amide bonds. The van der Waals surface area contributed by atoms with Gasteiger partial charge in [-0.15, -0.1) is 0 Å².